The lowest BCUT2D eigenvalue weighted by atomic mass is 10.1. The van der Waals surface area contributed by atoms with Gasteiger partial charge in [-0.15, -0.1) is 0 Å². The summed E-state index contributed by atoms with van der Waals surface area (Å²) in [6.07, 6.45) is 5.40. The summed E-state index contributed by atoms with van der Waals surface area (Å²) in [5.74, 6) is -1.25. The second kappa shape index (κ2) is 7.88. The molecule has 1 saturated heterocycles. The van der Waals surface area contributed by atoms with E-state index in [4.69, 9.17) is 0 Å². The molecule has 1 fully saturated rings. The van der Waals surface area contributed by atoms with Crippen molar-refractivity contribution in [1.82, 2.24) is 15.2 Å². The van der Waals surface area contributed by atoms with Crippen LogP contribution in [-0.4, -0.2) is 47.9 Å². The molecule has 6 heteroatoms. The van der Waals surface area contributed by atoms with Crippen LogP contribution in [0.4, 0.5) is 5.69 Å². The number of likely N-dealkylation sites (tertiary alicyclic amines) is 1. The lowest BCUT2D eigenvalue weighted by molar-refractivity contribution is -0.136. The Morgan fingerprint density at radius 3 is 2.71 bits per heavy atom. The van der Waals surface area contributed by atoms with Crippen LogP contribution >= 0.6 is 0 Å². The third kappa shape index (κ3) is 4.08. The first-order valence-electron chi connectivity index (χ1n) is 8.39. The Hall–Kier alpha value is -2.47. The smallest absolute Gasteiger partial charge is 0.313 e. The van der Waals surface area contributed by atoms with E-state index in [1.165, 1.54) is 19.3 Å². The van der Waals surface area contributed by atoms with E-state index < -0.39 is 11.8 Å². The average molecular weight is 326 g/mol. The number of hydrogen-bond donors (Lipinski definition) is 2. The number of hydrogen-bond acceptors (Lipinski definition) is 4. The van der Waals surface area contributed by atoms with Crippen LogP contribution in [0.15, 0.2) is 36.5 Å². The van der Waals surface area contributed by atoms with Crippen molar-refractivity contribution in [3.8, 4) is 0 Å². The third-order valence-electron chi connectivity index (χ3n) is 4.26. The number of piperidine rings is 1. The molecular weight excluding hydrogens is 304 g/mol. The number of carbonyl (C=O) groups is 2. The van der Waals surface area contributed by atoms with Crippen LogP contribution in [0.2, 0.25) is 0 Å². The molecule has 2 aromatic rings. The van der Waals surface area contributed by atoms with Crippen molar-refractivity contribution in [3.63, 3.8) is 0 Å². The highest BCUT2D eigenvalue weighted by Gasteiger charge is 2.15. The first-order chi connectivity index (χ1) is 11.7. The SMILES string of the molecule is O=C(NCCN1CCCCC1)C(=O)Nc1cccc2ncccc12. The number of aromatic nitrogens is 1. The molecule has 126 valence electrons. The van der Waals surface area contributed by atoms with Gasteiger partial charge in [0.15, 0.2) is 0 Å². The largest absolute Gasteiger partial charge is 0.347 e. The lowest BCUT2D eigenvalue weighted by Crippen LogP contribution is -2.41. The zero-order valence-electron chi connectivity index (χ0n) is 13.6. The summed E-state index contributed by atoms with van der Waals surface area (Å²) >= 11 is 0. The second-order valence-corrected chi connectivity index (χ2v) is 5.99. The first kappa shape index (κ1) is 16.4. The molecule has 0 unspecified atom stereocenters. The molecule has 0 bridgehead atoms. The van der Waals surface area contributed by atoms with E-state index in [2.05, 4.69) is 20.5 Å². The number of fused-ring (bicyclic) bond motifs is 1. The highest BCUT2D eigenvalue weighted by molar-refractivity contribution is 6.40. The highest BCUT2D eigenvalue weighted by atomic mass is 16.2. The Morgan fingerprint density at radius 1 is 1.04 bits per heavy atom. The van der Waals surface area contributed by atoms with Crippen LogP contribution < -0.4 is 10.6 Å². The predicted molar refractivity (Wildman–Crippen MR) is 93.7 cm³/mol. The summed E-state index contributed by atoms with van der Waals surface area (Å²) in [5.41, 5.74) is 1.37. The van der Waals surface area contributed by atoms with Crippen LogP contribution in [0.1, 0.15) is 19.3 Å². The van der Waals surface area contributed by atoms with Gasteiger partial charge in [-0.3, -0.25) is 14.6 Å². The summed E-state index contributed by atoms with van der Waals surface area (Å²) in [6.45, 7) is 3.43. The van der Waals surface area contributed by atoms with Gasteiger partial charge in [-0.1, -0.05) is 12.5 Å². The zero-order valence-corrected chi connectivity index (χ0v) is 13.6. The molecule has 3 rings (SSSR count). The normalized spacial score (nSPS) is 15.2. The monoisotopic (exact) mass is 326 g/mol. The lowest BCUT2D eigenvalue weighted by Gasteiger charge is -2.26. The molecule has 0 aliphatic carbocycles. The Morgan fingerprint density at radius 2 is 1.88 bits per heavy atom. The number of benzene rings is 1. The van der Waals surface area contributed by atoms with Gasteiger partial charge in [-0.05, 0) is 50.2 Å². The molecule has 6 nitrogen and oxygen atoms in total. The fraction of sp³-hybridized carbons (Fsp3) is 0.389. The van der Waals surface area contributed by atoms with E-state index >= 15 is 0 Å². The van der Waals surface area contributed by atoms with Gasteiger partial charge in [-0.25, -0.2) is 0 Å². The molecule has 1 aromatic heterocycles. The molecule has 2 N–H and O–H groups in total. The van der Waals surface area contributed by atoms with E-state index in [1.807, 2.05) is 12.1 Å². The maximum atomic E-state index is 12.1. The van der Waals surface area contributed by atoms with Crippen LogP contribution in [-0.2, 0) is 9.59 Å². The predicted octanol–water partition coefficient (Wildman–Crippen LogP) is 1.78. The van der Waals surface area contributed by atoms with Crippen molar-refractivity contribution < 1.29 is 9.59 Å². The fourth-order valence-corrected chi connectivity index (χ4v) is 2.98. The number of pyridine rings is 1. The van der Waals surface area contributed by atoms with Crippen LogP contribution in [0, 0.1) is 0 Å². The standard InChI is InChI=1S/C18H22N4O2/c23-17(20-10-13-22-11-2-1-3-12-22)18(24)21-16-8-4-7-15-14(16)6-5-9-19-15/h4-9H,1-3,10-13H2,(H,20,23)(H,21,24). The maximum absolute atomic E-state index is 12.1. The number of amides is 2. The number of nitrogens with zero attached hydrogens (tertiary/aromatic N) is 2. The van der Waals surface area contributed by atoms with Gasteiger partial charge in [0.1, 0.15) is 0 Å². The quantitative estimate of drug-likeness (QED) is 0.840. The molecule has 0 saturated carbocycles. The van der Waals surface area contributed by atoms with Crippen molar-refractivity contribution >= 4 is 28.4 Å². The van der Waals surface area contributed by atoms with E-state index in [0.717, 1.165) is 30.5 Å². The minimum absolute atomic E-state index is 0.489. The van der Waals surface area contributed by atoms with Gasteiger partial charge in [-0.2, -0.15) is 0 Å². The molecule has 24 heavy (non-hydrogen) atoms. The minimum atomic E-state index is -0.648. The second-order valence-electron chi connectivity index (χ2n) is 5.99. The molecule has 1 aliphatic rings. The molecule has 1 aliphatic heterocycles. The van der Waals surface area contributed by atoms with Gasteiger partial charge in [0.2, 0.25) is 0 Å². The molecule has 2 heterocycles. The summed E-state index contributed by atoms with van der Waals surface area (Å²) < 4.78 is 0. The van der Waals surface area contributed by atoms with E-state index in [0.29, 0.717) is 12.2 Å². The molecule has 2 amide bonds. The maximum Gasteiger partial charge on any atom is 0.313 e. The Bertz CT molecular complexity index is 721. The number of anilines is 1. The van der Waals surface area contributed by atoms with Crippen molar-refractivity contribution in [3.05, 3.63) is 36.5 Å². The summed E-state index contributed by atoms with van der Waals surface area (Å²) in [6, 6.07) is 9.11. The molecule has 1 aromatic carbocycles. The number of nitrogens with one attached hydrogen (secondary N) is 2. The number of rotatable bonds is 4. The van der Waals surface area contributed by atoms with E-state index in [-0.39, 0.29) is 0 Å². The van der Waals surface area contributed by atoms with Gasteiger partial charge < -0.3 is 15.5 Å². The van der Waals surface area contributed by atoms with Crippen molar-refractivity contribution in [1.29, 1.82) is 0 Å². The number of carbonyl (C=O) groups excluding carboxylic acids is 2. The summed E-state index contributed by atoms with van der Waals surface area (Å²) in [4.78, 5) is 30.6. The van der Waals surface area contributed by atoms with Gasteiger partial charge >= 0.3 is 11.8 Å². The highest BCUT2D eigenvalue weighted by Crippen LogP contribution is 2.21. The van der Waals surface area contributed by atoms with Crippen molar-refractivity contribution in [2.45, 2.75) is 19.3 Å². The Labute approximate surface area is 141 Å². The van der Waals surface area contributed by atoms with Crippen LogP contribution in [0.5, 0.6) is 0 Å². The molecule has 0 spiro atoms. The van der Waals surface area contributed by atoms with Crippen molar-refractivity contribution in [2.24, 2.45) is 0 Å². The Kier molecular flexibility index (Phi) is 5.38. The average Bonchev–Trinajstić information content (AvgIpc) is 2.63. The van der Waals surface area contributed by atoms with E-state index in [1.54, 1.807) is 24.4 Å². The van der Waals surface area contributed by atoms with E-state index in [9.17, 15) is 9.59 Å². The first-order valence-corrected chi connectivity index (χ1v) is 8.39. The minimum Gasteiger partial charge on any atom is -0.347 e. The fourth-order valence-electron chi connectivity index (χ4n) is 2.98. The van der Waals surface area contributed by atoms with Crippen LogP contribution in [0.25, 0.3) is 10.9 Å². The van der Waals surface area contributed by atoms with Crippen LogP contribution in [0.3, 0.4) is 0 Å². The zero-order chi connectivity index (χ0) is 16.8. The molecular formula is C18H22N4O2. The third-order valence-corrected chi connectivity index (χ3v) is 4.26. The Balaban J connectivity index is 1.53. The van der Waals surface area contributed by atoms with Gasteiger partial charge in [0.25, 0.3) is 0 Å². The van der Waals surface area contributed by atoms with Crippen molar-refractivity contribution in [2.75, 3.05) is 31.5 Å². The molecule has 0 atom stereocenters. The summed E-state index contributed by atoms with van der Waals surface area (Å²) in [7, 11) is 0. The van der Waals surface area contributed by atoms with Gasteiger partial charge in [0.05, 0.1) is 11.2 Å². The van der Waals surface area contributed by atoms with Gasteiger partial charge in [0, 0.05) is 24.7 Å². The molecule has 0 radical (unpaired) electrons. The topological polar surface area (TPSA) is 74.3 Å². The summed E-state index contributed by atoms with van der Waals surface area (Å²) in [5, 5.41) is 6.17.